The number of aliphatic hydroxyl groups excluding tert-OH is 1. The number of hydrogen-bond donors (Lipinski definition) is 1. The fourth-order valence-corrected chi connectivity index (χ4v) is 2.60. The van der Waals surface area contributed by atoms with Crippen LogP contribution in [0.15, 0.2) is 4.52 Å². The first-order chi connectivity index (χ1) is 9.13. The third kappa shape index (κ3) is 2.96. The topological polar surface area (TPSA) is 65.6 Å². The Balaban J connectivity index is 1.65. The predicted molar refractivity (Wildman–Crippen MR) is 69.6 cm³/mol. The summed E-state index contributed by atoms with van der Waals surface area (Å²) in [6.07, 6.45) is 2.42. The van der Waals surface area contributed by atoms with Crippen molar-refractivity contribution in [2.24, 2.45) is 5.92 Å². The maximum absolute atomic E-state index is 9.91. The summed E-state index contributed by atoms with van der Waals surface area (Å²) in [5.41, 5.74) is 0. The number of nitrogens with zero attached hydrogens (tertiary/aromatic N) is 4. The lowest BCUT2D eigenvalue weighted by Crippen LogP contribution is -2.45. The molecule has 1 saturated heterocycles. The van der Waals surface area contributed by atoms with E-state index < -0.39 is 0 Å². The van der Waals surface area contributed by atoms with Crippen molar-refractivity contribution < 1.29 is 9.63 Å². The number of aliphatic hydroxyl groups is 1. The van der Waals surface area contributed by atoms with E-state index >= 15 is 0 Å². The van der Waals surface area contributed by atoms with E-state index in [2.05, 4.69) is 34.0 Å². The zero-order chi connectivity index (χ0) is 13.4. The molecule has 6 nitrogen and oxygen atoms in total. The normalized spacial score (nSPS) is 27.6. The van der Waals surface area contributed by atoms with Crippen LogP contribution in [0.1, 0.15) is 30.6 Å². The quantitative estimate of drug-likeness (QED) is 0.845. The fraction of sp³-hybridized carbons (Fsp3) is 0.846. The molecule has 2 unspecified atom stereocenters. The molecule has 1 aromatic heterocycles. The standard InChI is InChI=1S/C13H22N4O2/c1-16-5-6-17(2)10(8-16)13-14-12(19-15-13)7-11(18)9-3-4-9/h9-11,18H,3-8H2,1-2H3. The number of aromatic nitrogens is 2. The number of likely N-dealkylation sites (N-methyl/N-ethyl adjacent to an activating group) is 2. The summed E-state index contributed by atoms with van der Waals surface area (Å²) in [6, 6.07) is 0.189. The Morgan fingerprint density at radius 3 is 2.89 bits per heavy atom. The van der Waals surface area contributed by atoms with Crippen molar-refractivity contribution in [3.63, 3.8) is 0 Å². The molecule has 0 spiro atoms. The summed E-state index contributed by atoms with van der Waals surface area (Å²) < 4.78 is 5.28. The molecule has 1 N–H and O–H groups in total. The highest BCUT2D eigenvalue weighted by Crippen LogP contribution is 2.33. The highest BCUT2D eigenvalue weighted by molar-refractivity contribution is 4.99. The van der Waals surface area contributed by atoms with Gasteiger partial charge in [-0.15, -0.1) is 0 Å². The Morgan fingerprint density at radius 1 is 1.37 bits per heavy atom. The Kier molecular flexibility index (Phi) is 3.56. The molecule has 0 amide bonds. The van der Waals surface area contributed by atoms with E-state index in [4.69, 9.17) is 4.52 Å². The van der Waals surface area contributed by atoms with Crippen molar-refractivity contribution >= 4 is 0 Å². The lowest BCUT2D eigenvalue weighted by atomic mass is 10.1. The third-order valence-electron chi connectivity index (χ3n) is 4.18. The van der Waals surface area contributed by atoms with Crippen molar-refractivity contribution in [3.8, 4) is 0 Å². The molecule has 2 atom stereocenters. The molecule has 1 aliphatic heterocycles. The smallest absolute Gasteiger partial charge is 0.229 e. The van der Waals surface area contributed by atoms with Gasteiger partial charge in [-0.2, -0.15) is 4.98 Å². The molecule has 3 rings (SSSR count). The molecular weight excluding hydrogens is 244 g/mol. The van der Waals surface area contributed by atoms with E-state index in [0.717, 1.165) is 38.3 Å². The lowest BCUT2D eigenvalue weighted by molar-refractivity contribution is 0.108. The molecule has 1 saturated carbocycles. The van der Waals surface area contributed by atoms with E-state index in [1.165, 1.54) is 0 Å². The van der Waals surface area contributed by atoms with Crippen LogP contribution in [0.25, 0.3) is 0 Å². The van der Waals surface area contributed by atoms with Crippen LogP contribution in [0.3, 0.4) is 0 Å². The van der Waals surface area contributed by atoms with Crippen LogP contribution in [-0.4, -0.2) is 64.9 Å². The van der Waals surface area contributed by atoms with Crippen LogP contribution in [0.2, 0.25) is 0 Å². The maximum Gasteiger partial charge on any atom is 0.229 e. The molecule has 0 aromatic carbocycles. The number of rotatable bonds is 4. The van der Waals surface area contributed by atoms with E-state index in [0.29, 0.717) is 18.2 Å². The van der Waals surface area contributed by atoms with Crippen LogP contribution < -0.4 is 0 Å². The third-order valence-corrected chi connectivity index (χ3v) is 4.18. The van der Waals surface area contributed by atoms with Crippen LogP contribution >= 0.6 is 0 Å². The minimum atomic E-state index is -0.319. The highest BCUT2D eigenvalue weighted by atomic mass is 16.5. The second-order valence-electron chi connectivity index (χ2n) is 5.91. The minimum absolute atomic E-state index is 0.189. The maximum atomic E-state index is 9.91. The second kappa shape index (κ2) is 5.19. The monoisotopic (exact) mass is 266 g/mol. The zero-order valence-electron chi connectivity index (χ0n) is 11.6. The van der Waals surface area contributed by atoms with Gasteiger partial charge in [0.1, 0.15) is 0 Å². The van der Waals surface area contributed by atoms with Crippen molar-refractivity contribution in [1.29, 1.82) is 0 Å². The van der Waals surface area contributed by atoms with E-state index in [1.54, 1.807) is 0 Å². The molecule has 1 aromatic rings. The van der Waals surface area contributed by atoms with Crippen LogP contribution in [0.5, 0.6) is 0 Å². The Morgan fingerprint density at radius 2 is 2.16 bits per heavy atom. The molecule has 2 fully saturated rings. The van der Waals surface area contributed by atoms with Gasteiger partial charge in [0.2, 0.25) is 5.89 Å². The molecule has 2 aliphatic rings. The van der Waals surface area contributed by atoms with Gasteiger partial charge in [0.25, 0.3) is 0 Å². The summed E-state index contributed by atoms with van der Waals surface area (Å²) in [5.74, 6) is 1.75. The summed E-state index contributed by atoms with van der Waals surface area (Å²) in [4.78, 5) is 9.00. The summed E-state index contributed by atoms with van der Waals surface area (Å²) >= 11 is 0. The Bertz CT molecular complexity index is 432. The van der Waals surface area contributed by atoms with Gasteiger partial charge in [0, 0.05) is 19.6 Å². The van der Waals surface area contributed by atoms with Gasteiger partial charge in [-0.1, -0.05) is 5.16 Å². The highest BCUT2D eigenvalue weighted by Gasteiger charge is 2.32. The van der Waals surface area contributed by atoms with Crippen LogP contribution in [-0.2, 0) is 6.42 Å². The van der Waals surface area contributed by atoms with Gasteiger partial charge in [-0.05, 0) is 32.9 Å². The van der Waals surface area contributed by atoms with Gasteiger partial charge in [0.05, 0.1) is 18.6 Å². The average Bonchev–Trinajstić information content (AvgIpc) is 3.14. The van der Waals surface area contributed by atoms with Crippen LogP contribution in [0.4, 0.5) is 0 Å². The van der Waals surface area contributed by atoms with Crippen LogP contribution in [0, 0.1) is 5.92 Å². The Hall–Kier alpha value is -0.980. The number of piperazine rings is 1. The van der Waals surface area contributed by atoms with Crippen molar-refractivity contribution in [1.82, 2.24) is 19.9 Å². The first-order valence-corrected chi connectivity index (χ1v) is 7.03. The SMILES string of the molecule is CN1CCN(C)C(c2noc(CC(O)C3CC3)n2)C1. The zero-order valence-corrected chi connectivity index (χ0v) is 11.6. The molecule has 0 radical (unpaired) electrons. The summed E-state index contributed by atoms with van der Waals surface area (Å²) in [5, 5.41) is 14.0. The minimum Gasteiger partial charge on any atom is -0.392 e. The molecular formula is C13H22N4O2. The molecule has 106 valence electrons. The number of hydrogen-bond acceptors (Lipinski definition) is 6. The van der Waals surface area contributed by atoms with Crippen molar-refractivity contribution in [2.45, 2.75) is 31.4 Å². The molecule has 2 heterocycles. The molecule has 6 heteroatoms. The molecule has 1 aliphatic carbocycles. The largest absolute Gasteiger partial charge is 0.392 e. The first-order valence-electron chi connectivity index (χ1n) is 7.03. The van der Waals surface area contributed by atoms with Crippen molar-refractivity contribution in [2.75, 3.05) is 33.7 Å². The molecule has 19 heavy (non-hydrogen) atoms. The van der Waals surface area contributed by atoms with Crippen molar-refractivity contribution in [3.05, 3.63) is 11.7 Å². The summed E-state index contributed by atoms with van der Waals surface area (Å²) in [7, 11) is 4.20. The van der Waals surface area contributed by atoms with E-state index in [-0.39, 0.29) is 12.1 Å². The van der Waals surface area contributed by atoms with E-state index in [9.17, 15) is 5.11 Å². The van der Waals surface area contributed by atoms with Gasteiger partial charge < -0.3 is 14.5 Å². The van der Waals surface area contributed by atoms with Gasteiger partial charge in [-0.3, -0.25) is 4.90 Å². The predicted octanol–water partition coefficient (Wildman–Crippen LogP) is 0.301. The summed E-state index contributed by atoms with van der Waals surface area (Å²) in [6.45, 7) is 2.99. The van der Waals surface area contributed by atoms with Gasteiger partial charge in [0.15, 0.2) is 5.82 Å². The lowest BCUT2D eigenvalue weighted by Gasteiger charge is -2.35. The first kappa shape index (κ1) is 13.0. The molecule has 0 bridgehead atoms. The fourth-order valence-electron chi connectivity index (χ4n) is 2.60. The van der Waals surface area contributed by atoms with Gasteiger partial charge >= 0.3 is 0 Å². The second-order valence-corrected chi connectivity index (χ2v) is 5.91. The average molecular weight is 266 g/mol. The Labute approximate surface area is 113 Å². The van der Waals surface area contributed by atoms with E-state index in [1.807, 2.05) is 0 Å². The van der Waals surface area contributed by atoms with Gasteiger partial charge in [-0.25, -0.2) is 0 Å².